The minimum Gasteiger partial charge on any atom is -0.289 e. The maximum Gasteiger partial charge on any atom is 0.195 e. The van der Waals surface area contributed by atoms with Crippen molar-refractivity contribution in [2.24, 2.45) is 0 Å². The molecule has 184 valence electrons. The predicted octanol–water partition coefficient (Wildman–Crippen LogP) is 9.91. The molecule has 37 heavy (non-hydrogen) atoms. The maximum atomic E-state index is 13.5. The van der Waals surface area contributed by atoms with Gasteiger partial charge in [0.25, 0.3) is 0 Å². The van der Waals surface area contributed by atoms with Crippen molar-refractivity contribution in [3.63, 3.8) is 0 Å². The van der Waals surface area contributed by atoms with E-state index < -0.39 is 0 Å². The Morgan fingerprint density at radius 1 is 0.568 bits per heavy atom. The number of unbranched alkanes of at least 4 members (excludes halogenated alkanes) is 3. The minimum absolute atomic E-state index is 0.0761. The molecule has 0 bridgehead atoms. The van der Waals surface area contributed by atoms with E-state index in [2.05, 4.69) is 44.2 Å². The van der Waals surface area contributed by atoms with Crippen LogP contribution in [0.15, 0.2) is 58.1 Å². The van der Waals surface area contributed by atoms with Crippen molar-refractivity contribution in [1.29, 1.82) is 0 Å². The predicted molar refractivity (Wildman–Crippen MR) is 166 cm³/mol. The molecule has 6 heteroatoms. The number of rotatable bonds is 7. The van der Waals surface area contributed by atoms with Crippen molar-refractivity contribution in [3.8, 4) is 19.5 Å². The summed E-state index contributed by atoms with van der Waals surface area (Å²) in [5, 5.41) is 4.85. The first kappa shape index (κ1) is 23.5. The third-order valence-electron chi connectivity index (χ3n) is 7.25. The fourth-order valence-electron chi connectivity index (χ4n) is 5.34. The summed E-state index contributed by atoms with van der Waals surface area (Å²) < 4.78 is 2.01. The van der Waals surface area contributed by atoms with E-state index in [0.717, 1.165) is 57.9 Å². The van der Waals surface area contributed by atoms with Gasteiger partial charge in [0.15, 0.2) is 10.9 Å². The van der Waals surface area contributed by atoms with Crippen LogP contribution in [0.1, 0.15) is 42.4 Å². The van der Waals surface area contributed by atoms with Crippen LogP contribution in [0.3, 0.4) is 0 Å². The summed E-state index contributed by atoms with van der Waals surface area (Å²) in [5.41, 5.74) is 0.158. The number of hydrogen-bond donors (Lipinski definition) is 0. The van der Waals surface area contributed by atoms with Gasteiger partial charge in [-0.3, -0.25) is 9.59 Å². The molecule has 7 aromatic rings. The third kappa shape index (κ3) is 3.76. The Balaban J connectivity index is 1.31. The molecule has 0 aliphatic heterocycles. The van der Waals surface area contributed by atoms with Gasteiger partial charge in [-0.05, 0) is 68.3 Å². The van der Waals surface area contributed by atoms with E-state index in [1.165, 1.54) is 45.2 Å². The van der Waals surface area contributed by atoms with Crippen LogP contribution in [0, 0.1) is 6.92 Å². The molecule has 0 amide bonds. The molecule has 0 aliphatic rings. The summed E-state index contributed by atoms with van der Waals surface area (Å²) in [4.78, 5) is 34.3. The molecule has 0 fully saturated rings. The molecular weight excluding hydrogens is 533 g/mol. The molecule has 0 N–H and O–H groups in total. The topological polar surface area (TPSA) is 34.1 Å². The highest BCUT2D eigenvalue weighted by Gasteiger charge is 2.21. The van der Waals surface area contributed by atoms with Crippen molar-refractivity contribution >= 4 is 87.1 Å². The molecule has 0 atom stereocenters. The Morgan fingerprint density at radius 3 is 1.73 bits per heavy atom. The summed E-state index contributed by atoms with van der Waals surface area (Å²) >= 11 is 6.94. The summed E-state index contributed by atoms with van der Waals surface area (Å²) in [7, 11) is 0. The monoisotopic (exact) mass is 556 g/mol. The van der Waals surface area contributed by atoms with E-state index in [9.17, 15) is 9.59 Å². The second-order valence-corrected chi connectivity index (χ2v) is 14.4. The largest absolute Gasteiger partial charge is 0.289 e. The lowest BCUT2D eigenvalue weighted by molar-refractivity contribution is 0.670. The van der Waals surface area contributed by atoms with Crippen LogP contribution in [-0.4, -0.2) is 0 Å². The second kappa shape index (κ2) is 8.98. The first-order chi connectivity index (χ1) is 18.0. The Kier molecular flexibility index (Phi) is 5.70. The molecule has 0 radical (unpaired) electrons. The molecule has 0 saturated heterocycles. The lowest BCUT2D eigenvalue weighted by Gasteiger charge is -1.97. The maximum absolute atomic E-state index is 13.5. The molecule has 3 aromatic carbocycles. The van der Waals surface area contributed by atoms with Crippen LogP contribution < -0.4 is 10.9 Å². The molecule has 4 aromatic heterocycles. The molecule has 0 spiro atoms. The lowest BCUT2D eigenvalue weighted by Crippen LogP contribution is -1.95. The van der Waals surface area contributed by atoms with E-state index >= 15 is 0 Å². The molecule has 4 heterocycles. The smallest absolute Gasteiger partial charge is 0.195 e. The Hall–Kier alpha value is -2.64. The van der Waals surface area contributed by atoms with E-state index in [1.54, 1.807) is 34.0 Å². The first-order valence-corrected chi connectivity index (χ1v) is 16.0. The molecule has 0 aliphatic carbocycles. The average Bonchev–Trinajstić information content (AvgIpc) is 3.72. The minimum atomic E-state index is 0.0761. The van der Waals surface area contributed by atoms with E-state index in [-0.39, 0.29) is 10.9 Å². The van der Waals surface area contributed by atoms with Crippen molar-refractivity contribution in [2.75, 3.05) is 0 Å². The fraction of sp³-hybridized carbons (Fsp3) is 0.226. The first-order valence-electron chi connectivity index (χ1n) is 12.7. The van der Waals surface area contributed by atoms with Crippen LogP contribution in [0.25, 0.3) is 61.2 Å². The molecule has 0 unspecified atom stereocenters. The highest BCUT2D eigenvalue weighted by molar-refractivity contribution is 7.27. The van der Waals surface area contributed by atoms with Gasteiger partial charge in [0, 0.05) is 71.0 Å². The quantitative estimate of drug-likeness (QED) is 0.183. The molecule has 2 nitrogen and oxygen atoms in total. The van der Waals surface area contributed by atoms with Gasteiger partial charge in [0.1, 0.15) is 0 Å². The lowest BCUT2D eigenvalue weighted by atomic mass is 10.1. The highest BCUT2D eigenvalue weighted by Crippen LogP contribution is 2.43. The Morgan fingerprint density at radius 2 is 1.16 bits per heavy atom. The summed E-state index contributed by atoms with van der Waals surface area (Å²) in [5.74, 6) is 0. The number of aryl methyl sites for hydroxylation is 2. The number of hydrogen-bond acceptors (Lipinski definition) is 6. The highest BCUT2D eigenvalue weighted by atomic mass is 32.1. The van der Waals surface area contributed by atoms with Gasteiger partial charge >= 0.3 is 0 Å². The number of benzene rings is 1. The van der Waals surface area contributed by atoms with E-state index in [4.69, 9.17) is 0 Å². The normalized spacial score (nSPS) is 12.3. The van der Waals surface area contributed by atoms with Gasteiger partial charge in [-0.1, -0.05) is 26.2 Å². The van der Waals surface area contributed by atoms with Crippen LogP contribution in [0.2, 0.25) is 0 Å². The third-order valence-corrected chi connectivity index (χ3v) is 12.1. The van der Waals surface area contributed by atoms with Crippen LogP contribution in [0.4, 0.5) is 0 Å². The van der Waals surface area contributed by atoms with Gasteiger partial charge in [0.2, 0.25) is 0 Å². The number of fused-ring (bicyclic) bond motifs is 6. The van der Waals surface area contributed by atoms with Gasteiger partial charge in [-0.15, -0.1) is 45.3 Å². The zero-order valence-electron chi connectivity index (χ0n) is 20.6. The van der Waals surface area contributed by atoms with Crippen molar-refractivity contribution < 1.29 is 0 Å². The summed E-state index contributed by atoms with van der Waals surface area (Å²) in [6.07, 6.45) is 6.20. The standard InChI is InChI=1S/C31H24O2S4/c1-3-4-5-6-7-17-9-11-25(35-17)27-15-23-29(33)19-12-20-18(13-21(19)31(23)37-27)28(32)22-14-26(36-30(20)22)24-10-8-16(2)34-24/h8-15H,3-7H2,1-2H3. The summed E-state index contributed by atoms with van der Waals surface area (Å²) in [6, 6.07) is 16.7. The van der Waals surface area contributed by atoms with Crippen LogP contribution in [-0.2, 0) is 6.42 Å². The van der Waals surface area contributed by atoms with Crippen molar-refractivity contribution in [3.05, 3.63) is 78.7 Å². The zero-order valence-corrected chi connectivity index (χ0v) is 23.9. The van der Waals surface area contributed by atoms with Crippen LogP contribution >= 0.6 is 45.3 Å². The molecular formula is C31H24O2S4. The zero-order chi connectivity index (χ0) is 25.3. The van der Waals surface area contributed by atoms with Crippen molar-refractivity contribution in [1.82, 2.24) is 0 Å². The second-order valence-electron chi connectivity index (χ2n) is 9.80. The van der Waals surface area contributed by atoms with Crippen LogP contribution in [0.5, 0.6) is 0 Å². The molecule has 0 saturated carbocycles. The Labute approximate surface area is 230 Å². The number of thiophene rings is 4. The van der Waals surface area contributed by atoms with Gasteiger partial charge in [0.05, 0.1) is 0 Å². The summed E-state index contributed by atoms with van der Waals surface area (Å²) in [6.45, 7) is 4.34. The fourth-order valence-corrected chi connectivity index (χ4v) is 9.79. The van der Waals surface area contributed by atoms with Gasteiger partial charge in [-0.25, -0.2) is 0 Å². The Bertz CT molecular complexity index is 2030. The van der Waals surface area contributed by atoms with E-state index in [1.807, 2.05) is 29.5 Å². The average molecular weight is 557 g/mol. The SMILES string of the molecule is CCCCCCc1ccc(-c2cc3c(=O)c4cc5c(cc4c3s2)c(=O)c2cc(-c3ccc(C)s3)sc25)s1. The van der Waals surface area contributed by atoms with E-state index in [0.29, 0.717) is 0 Å². The molecule has 7 rings (SSSR count). The van der Waals surface area contributed by atoms with Crippen molar-refractivity contribution in [2.45, 2.75) is 46.0 Å². The van der Waals surface area contributed by atoms with Gasteiger partial charge < -0.3 is 0 Å². The van der Waals surface area contributed by atoms with Gasteiger partial charge in [-0.2, -0.15) is 0 Å².